The first kappa shape index (κ1) is 17.9. The van der Waals surface area contributed by atoms with Crippen molar-refractivity contribution in [2.24, 2.45) is 0 Å². The topological polar surface area (TPSA) is 183 Å². The van der Waals surface area contributed by atoms with Crippen molar-refractivity contribution < 1.29 is 45.7 Å². The SMILES string of the molecule is CS(=O)(=O)O.O=C(O)/C=C(/C(=O)O)S(=O)(=O)O. The Labute approximate surface area is 95.7 Å². The van der Waals surface area contributed by atoms with Crippen molar-refractivity contribution in [3.63, 3.8) is 0 Å². The molecule has 0 fully saturated rings. The van der Waals surface area contributed by atoms with Gasteiger partial charge < -0.3 is 10.2 Å². The van der Waals surface area contributed by atoms with Crippen LogP contribution in [0.25, 0.3) is 0 Å². The summed E-state index contributed by atoms with van der Waals surface area (Å²) in [5.74, 6) is -3.80. The van der Waals surface area contributed by atoms with Gasteiger partial charge in [0.25, 0.3) is 10.1 Å². The molecular formula is C5H8O10S2. The van der Waals surface area contributed by atoms with Crippen molar-refractivity contribution >= 4 is 32.2 Å². The Morgan fingerprint density at radius 3 is 1.35 bits per heavy atom. The van der Waals surface area contributed by atoms with Gasteiger partial charge in [-0.05, 0) is 0 Å². The third-order valence-corrected chi connectivity index (χ3v) is 1.59. The van der Waals surface area contributed by atoms with Gasteiger partial charge in [-0.3, -0.25) is 9.11 Å². The van der Waals surface area contributed by atoms with E-state index < -0.39 is 37.1 Å². The maximum atomic E-state index is 10.2. The quantitative estimate of drug-likeness (QED) is 0.350. The molecule has 0 amide bonds. The second kappa shape index (κ2) is 6.29. The van der Waals surface area contributed by atoms with Crippen LogP contribution in [-0.2, 0) is 29.8 Å². The Hall–Kier alpha value is -1.50. The van der Waals surface area contributed by atoms with E-state index in [9.17, 15) is 26.4 Å². The molecule has 0 aromatic carbocycles. The molecule has 0 saturated carbocycles. The van der Waals surface area contributed by atoms with Crippen molar-refractivity contribution in [3.8, 4) is 0 Å². The van der Waals surface area contributed by atoms with Crippen LogP contribution >= 0.6 is 0 Å². The number of aliphatic carboxylic acids is 2. The predicted octanol–water partition coefficient (Wildman–Crippen LogP) is -1.57. The Kier molecular flexibility index (Phi) is 6.61. The molecular weight excluding hydrogens is 284 g/mol. The first-order valence-electron chi connectivity index (χ1n) is 3.33. The van der Waals surface area contributed by atoms with Gasteiger partial charge in [-0.15, -0.1) is 0 Å². The second-order valence-electron chi connectivity index (χ2n) is 2.36. The van der Waals surface area contributed by atoms with Gasteiger partial charge in [-0.1, -0.05) is 0 Å². The van der Waals surface area contributed by atoms with Crippen LogP contribution in [0.15, 0.2) is 11.0 Å². The molecule has 4 N–H and O–H groups in total. The number of hydrogen-bond donors (Lipinski definition) is 4. The third-order valence-electron chi connectivity index (χ3n) is 0.743. The fourth-order valence-electron chi connectivity index (χ4n) is 0.359. The van der Waals surface area contributed by atoms with Gasteiger partial charge in [0, 0.05) is 0 Å². The fraction of sp³-hybridized carbons (Fsp3) is 0.200. The highest BCUT2D eigenvalue weighted by molar-refractivity contribution is 7.90. The van der Waals surface area contributed by atoms with Crippen LogP contribution in [0, 0.1) is 0 Å². The number of hydrogen-bond acceptors (Lipinski definition) is 6. The van der Waals surface area contributed by atoms with Crippen LogP contribution in [0.5, 0.6) is 0 Å². The average molecular weight is 292 g/mol. The molecule has 0 spiro atoms. The summed E-state index contributed by atoms with van der Waals surface area (Å²) in [5.41, 5.74) is 0. The highest BCUT2D eigenvalue weighted by Crippen LogP contribution is 2.03. The summed E-state index contributed by atoms with van der Waals surface area (Å²) in [7, 11) is -8.65. The van der Waals surface area contributed by atoms with Crippen molar-refractivity contribution in [2.45, 2.75) is 0 Å². The van der Waals surface area contributed by atoms with E-state index in [-0.39, 0.29) is 6.08 Å². The number of carboxylic acids is 2. The minimum absolute atomic E-state index is 0.113. The highest BCUT2D eigenvalue weighted by Gasteiger charge is 2.22. The van der Waals surface area contributed by atoms with E-state index in [1.54, 1.807) is 0 Å². The van der Waals surface area contributed by atoms with Gasteiger partial charge in [0.15, 0.2) is 4.91 Å². The summed E-state index contributed by atoms with van der Waals surface area (Å²) in [6, 6.07) is 0. The van der Waals surface area contributed by atoms with Gasteiger partial charge in [-0.2, -0.15) is 16.8 Å². The summed E-state index contributed by atoms with van der Waals surface area (Å²) in [5, 5.41) is 16.1. The first-order valence-corrected chi connectivity index (χ1v) is 6.62. The lowest BCUT2D eigenvalue weighted by Gasteiger charge is -1.94. The molecule has 0 heterocycles. The van der Waals surface area contributed by atoms with Gasteiger partial charge in [-0.25, -0.2) is 9.59 Å². The van der Waals surface area contributed by atoms with Gasteiger partial charge in [0.05, 0.1) is 12.3 Å². The van der Waals surface area contributed by atoms with Crippen LogP contribution in [0.1, 0.15) is 0 Å². The van der Waals surface area contributed by atoms with Crippen molar-refractivity contribution in [2.75, 3.05) is 6.26 Å². The van der Waals surface area contributed by atoms with E-state index in [1.807, 2.05) is 0 Å². The molecule has 0 radical (unpaired) electrons. The summed E-state index contributed by atoms with van der Waals surface area (Å²) in [6.07, 6.45) is 0.602. The number of rotatable bonds is 3. The Morgan fingerprint density at radius 1 is 1.00 bits per heavy atom. The normalized spacial score (nSPS) is 12.3. The van der Waals surface area contributed by atoms with E-state index in [1.165, 1.54) is 0 Å². The lowest BCUT2D eigenvalue weighted by molar-refractivity contribution is -0.134. The molecule has 12 heteroatoms. The summed E-state index contributed by atoms with van der Waals surface area (Å²) in [6.45, 7) is 0. The molecule has 17 heavy (non-hydrogen) atoms. The van der Waals surface area contributed by atoms with E-state index in [0.717, 1.165) is 0 Å². The summed E-state index contributed by atoms with van der Waals surface area (Å²) in [4.78, 5) is 18.3. The molecule has 0 saturated heterocycles. The van der Waals surface area contributed by atoms with E-state index >= 15 is 0 Å². The molecule has 0 aliphatic rings. The average Bonchev–Trinajstić information content (AvgIpc) is 1.93. The maximum absolute atomic E-state index is 10.2. The lowest BCUT2D eigenvalue weighted by Crippen LogP contribution is -2.13. The third kappa shape index (κ3) is 14.5. The van der Waals surface area contributed by atoms with Crippen molar-refractivity contribution in [3.05, 3.63) is 11.0 Å². The fourth-order valence-corrected chi connectivity index (χ4v) is 0.829. The van der Waals surface area contributed by atoms with Crippen molar-refractivity contribution in [1.29, 1.82) is 0 Å². The molecule has 100 valence electrons. The zero-order valence-electron chi connectivity index (χ0n) is 8.13. The molecule has 10 nitrogen and oxygen atoms in total. The zero-order chi connectivity index (χ0) is 14.4. The summed E-state index contributed by atoms with van der Waals surface area (Å²) < 4.78 is 54.3. The monoisotopic (exact) mass is 292 g/mol. The predicted molar refractivity (Wildman–Crippen MR) is 52.4 cm³/mol. The molecule has 0 atom stereocenters. The Bertz CT molecular complexity index is 513. The minimum atomic E-state index is -4.98. The van der Waals surface area contributed by atoms with E-state index in [0.29, 0.717) is 6.26 Å². The smallest absolute Gasteiger partial charge is 0.350 e. The number of carboxylic acid groups (broad SMARTS) is 2. The maximum Gasteiger partial charge on any atom is 0.350 e. The Balaban J connectivity index is 0. The molecule has 0 aromatic rings. The first-order chi connectivity index (χ1) is 7.25. The largest absolute Gasteiger partial charge is 0.478 e. The van der Waals surface area contributed by atoms with E-state index in [4.69, 9.17) is 19.3 Å². The van der Waals surface area contributed by atoms with Crippen LogP contribution < -0.4 is 0 Å². The molecule has 0 bridgehead atoms. The van der Waals surface area contributed by atoms with Crippen LogP contribution in [0.3, 0.4) is 0 Å². The molecule has 0 aromatic heterocycles. The number of carbonyl (C=O) groups is 2. The highest BCUT2D eigenvalue weighted by atomic mass is 32.2. The van der Waals surface area contributed by atoms with Gasteiger partial charge in [0.1, 0.15) is 0 Å². The van der Waals surface area contributed by atoms with Crippen LogP contribution in [-0.4, -0.2) is 54.3 Å². The molecule has 0 aliphatic heterocycles. The zero-order valence-corrected chi connectivity index (χ0v) is 9.77. The van der Waals surface area contributed by atoms with Crippen LogP contribution in [0.2, 0.25) is 0 Å². The van der Waals surface area contributed by atoms with E-state index in [2.05, 4.69) is 0 Å². The standard InChI is InChI=1S/C4H4O7S.CH4O3S/c5-3(6)1-2(4(7)8)12(9,10)11;1-5(2,3)4/h1H,(H,5,6)(H,7,8)(H,9,10,11);1H3,(H,2,3,4)/b2-1-;. The lowest BCUT2D eigenvalue weighted by atomic mass is 10.5. The molecule has 0 rings (SSSR count). The summed E-state index contributed by atoms with van der Waals surface area (Å²) >= 11 is 0. The molecule has 0 unspecified atom stereocenters. The van der Waals surface area contributed by atoms with Gasteiger partial charge >= 0.3 is 22.1 Å². The molecule has 0 aliphatic carbocycles. The second-order valence-corrected chi connectivity index (χ2v) is 5.22. The van der Waals surface area contributed by atoms with Gasteiger partial charge in [0.2, 0.25) is 0 Å². The minimum Gasteiger partial charge on any atom is -0.478 e. The van der Waals surface area contributed by atoms with Crippen molar-refractivity contribution in [1.82, 2.24) is 0 Å². The van der Waals surface area contributed by atoms with Crippen LogP contribution in [0.4, 0.5) is 0 Å². The Morgan fingerprint density at radius 2 is 1.29 bits per heavy atom.